The predicted octanol–water partition coefficient (Wildman–Crippen LogP) is 1.91. The van der Waals surface area contributed by atoms with Gasteiger partial charge in [0, 0.05) is 17.3 Å². The molecule has 1 rings (SSSR count). The Morgan fingerprint density at radius 2 is 2.06 bits per heavy atom. The van der Waals surface area contributed by atoms with Gasteiger partial charge in [0.15, 0.2) is 0 Å². The molecule has 5 nitrogen and oxygen atoms in total. The lowest BCUT2D eigenvalue weighted by molar-refractivity contribution is -0.118. The van der Waals surface area contributed by atoms with E-state index in [1.54, 1.807) is 19.1 Å². The minimum absolute atomic E-state index is 0.0122. The molecule has 98 valence electrons. The fourth-order valence-corrected chi connectivity index (χ4v) is 1.52. The number of anilines is 1. The Bertz CT molecular complexity index is 449. The molecule has 0 aromatic heterocycles. The summed E-state index contributed by atoms with van der Waals surface area (Å²) in [5.41, 5.74) is 1.64. The molecule has 3 N–H and O–H groups in total. The smallest absolute Gasteiger partial charge is 0.321 e. The fraction of sp³-hybridized carbons (Fsp3) is 0.333. The van der Waals surface area contributed by atoms with Crippen LogP contribution in [0.2, 0.25) is 5.02 Å². The molecule has 0 bridgehead atoms. The monoisotopic (exact) mass is 269 g/mol. The van der Waals surface area contributed by atoms with Gasteiger partial charge in [-0.3, -0.25) is 10.1 Å². The van der Waals surface area contributed by atoms with Crippen molar-refractivity contribution < 1.29 is 9.59 Å². The SMILES string of the molecule is CCNC(=O)NC(=O)CNc1cccc(Cl)c1C. The van der Waals surface area contributed by atoms with Crippen LogP contribution in [-0.4, -0.2) is 25.0 Å². The Morgan fingerprint density at radius 3 is 2.72 bits per heavy atom. The number of imide groups is 1. The van der Waals surface area contributed by atoms with Gasteiger partial charge in [-0.05, 0) is 31.5 Å². The van der Waals surface area contributed by atoms with Gasteiger partial charge in [0.2, 0.25) is 5.91 Å². The summed E-state index contributed by atoms with van der Waals surface area (Å²) in [5.74, 6) is -0.402. The third-order valence-electron chi connectivity index (χ3n) is 2.30. The van der Waals surface area contributed by atoms with Crippen LogP contribution in [0.25, 0.3) is 0 Å². The highest BCUT2D eigenvalue weighted by Gasteiger charge is 2.07. The first-order valence-corrected chi connectivity index (χ1v) is 5.99. The quantitative estimate of drug-likeness (QED) is 0.782. The van der Waals surface area contributed by atoms with E-state index in [-0.39, 0.29) is 6.54 Å². The van der Waals surface area contributed by atoms with E-state index in [9.17, 15) is 9.59 Å². The van der Waals surface area contributed by atoms with Crippen molar-refractivity contribution >= 4 is 29.2 Å². The third kappa shape index (κ3) is 4.25. The van der Waals surface area contributed by atoms with Gasteiger partial charge in [0.1, 0.15) is 0 Å². The number of carbonyl (C=O) groups is 2. The molecule has 0 aliphatic heterocycles. The van der Waals surface area contributed by atoms with Gasteiger partial charge in [-0.15, -0.1) is 0 Å². The Kier molecular flexibility index (Phi) is 5.45. The highest BCUT2D eigenvalue weighted by Crippen LogP contribution is 2.22. The molecule has 0 atom stereocenters. The van der Waals surface area contributed by atoms with Crippen LogP contribution >= 0.6 is 11.6 Å². The molecule has 6 heteroatoms. The summed E-state index contributed by atoms with van der Waals surface area (Å²) in [4.78, 5) is 22.5. The van der Waals surface area contributed by atoms with Crippen LogP contribution in [0.3, 0.4) is 0 Å². The van der Waals surface area contributed by atoms with Crippen molar-refractivity contribution in [2.75, 3.05) is 18.4 Å². The first-order chi connectivity index (χ1) is 8.54. The maximum Gasteiger partial charge on any atom is 0.321 e. The van der Waals surface area contributed by atoms with Crippen LogP contribution in [0.1, 0.15) is 12.5 Å². The van der Waals surface area contributed by atoms with Crippen LogP contribution in [0.4, 0.5) is 10.5 Å². The minimum Gasteiger partial charge on any atom is -0.376 e. The number of hydrogen-bond donors (Lipinski definition) is 3. The number of rotatable bonds is 4. The van der Waals surface area contributed by atoms with Crippen molar-refractivity contribution in [2.45, 2.75) is 13.8 Å². The lowest BCUT2D eigenvalue weighted by Crippen LogP contribution is -2.41. The number of benzene rings is 1. The lowest BCUT2D eigenvalue weighted by atomic mass is 10.2. The Morgan fingerprint density at radius 1 is 1.33 bits per heavy atom. The average Bonchev–Trinajstić information content (AvgIpc) is 2.31. The zero-order chi connectivity index (χ0) is 13.5. The second-order valence-corrected chi connectivity index (χ2v) is 4.08. The van der Waals surface area contributed by atoms with Gasteiger partial charge >= 0.3 is 6.03 Å². The molecule has 0 aliphatic carbocycles. The summed E-state index contributed by atoms with van der Waals surface area (Å²) in [6.07, 6.45) is 0. The van der Waals surface area contributed by atoms with Gasteiger partial charge in [-0.2, -0.15) is 0 Å². The summed E-state index contributed by atoms with van der Waals surface area (Å²) in [5, 5.41) is 8.23. The van der Waals surface area contributed by atoms with Gasteiger partial charge in [0.05, 0.1) is 6.54 Å². The third-order valence-corrected chi connectivity index (χ3v) is 2.71. The standard InChI is InChI=1S/C12H16ClN3O2/c1-3-14-12(18)16-11(17)7-15-10-6-4-5-9(13)8(10)2/h4-6,15H,3,7H2,1-2H3,(H2,14,16,17,18). The summed E-state index contributed by atoms with van der Waals surface area (Å²) < 4.78 is 0. The zero-order valence-corrected chi connectivity index (χ0v) is 11.1. The normalized spacial score (nSPS) is 9.72. The van der Waals surface area contributed by atoms with Crippen molar-refractivity contribution in [2.24, 2.45) is 0 Å². The van der Waals surface area contributed by atoms with Crippen molar-refractivity contribution in [3.05, 3.63) is 28.8 Å². The molecular weight excluding hydrogens is 254 g/mol. The summed E-state index contributed by atoms with van der Waals surface area (Å²) in [6.45, 7) is 4.11. The van der Waals surface area contributed by atoms with Gasteiger partial charge in [0.25, 0.3) is 0 Å². The second kappa shape index (κ2) is 6.86. The van der Waals surface area contributed by atoms with Gasteiger partial charge in [-0.1, -0.05) is 17.7 Å². The molecular formula is C12H16ClN3O2. The largest absolute Gasteiger partial charge is 0.376 e. The topological polar surface area (TPSA) is 70.2 Å². The predicted molar refractivity (Wildman–Crippen MR) is 71.9 cm³/mol. The van der Waals surface area contributed by atoms with Crippen molar-refractivity contribution in [1.29, 1.82) is 0 Å². The van der Waals surface area contributed by atoms with E-state index in [4.69, 9.17) is 11.6 Å². The first kappa shape index (κ1) is 14.3. The van der Waals surface area contributed by atoms with Crippen LogP contribution in [0, 0.1) is 6.92 Å². The Hall–Kier alpha value is -1.75. The summed E-state index contributed by atoms with van der Waals surface area (Å²) in [7, 11) is 0. The van der Waals surface area contributed by atoms with E-state index in [2.05, 4.69) is 16.0 Å². The molecule has 0 fully saturated rings. The zero-order valence-electron chi connectivity index (χ0n) is 10.3. The lowest BCUT2D eigenvalue weighted by Gasteiger charge is -2.10. The molecule has 0 radical (unpaired) electrons. The molecule has 0 spiro atoms. The second-order valence-electron chi connectivity index (χ2n) is 3.67. The van der Waals surface area contributed by atoms with E-state index in [0.29, 0.717) is 11.6 Å². The van der Waals surface area contributed by atoms with Crippen LogP contribution in [0.5, 0.6) is 0 Å². The molecule has 3 amide bonds. The van der Waals surface area contributed by atoms with Crippen LogP contribution in [0.15, 0.2) is 18.2 Å². The molecule has 0 unspecified atom stereocenters. The Balaban J connectivity index is 2.48. The highest BCUT2D eigenvalue weighted by molar-refractivity contribution is 6.31. The number of amides is 3. The summed E-state index contributed by atoms with van der Waals surface area (Å²) >= 11 is 5.95. The molecule has 0 heterocycles. The van der Waals surface area contributed by atoms with E-state index < -0.39 is 11.9 Å². The molecule has 1 aromatic carbocycles. The highest BCUT2D eigenvalue weighted by atomic mass is 35.5. The maximum atomic E-state index is 11.4. The van der Waals surface area contributed by atoms with Crippen molar-refractivity contribution in [3.63, 3.8) is 0 Å². The summed E-state index contributed by atoms with van der Waals surface area (Å²) in [6, 6.07) is 4.89. The van der Waals surface area contributed by atoms with E-state index in [0.717, 1.165) is 11.3 Å². The van der Waals surface area contributed by atoms with Crippen molar-refractivity contribution in [3.8, 4) is 0 Å². The van der Waals surface area contributed by atoms with Gasteiger partial charge in [-0.25, -0.2) is 4.79 Å². The fourth-order valence-electron chi connectivity index (χ4n) is 1.35. The van der Waals surface area contributed by atoms with E-state index in [1.807, 2.05) is 13.0 Å². The van der Waals surface area contributed by atoms with E-state index >= 15 is 0 Å². The van der Waals surface area contributed by atoms with Crippen LogP contribution in [-0.2, 0) is 4.79 Å². The first-order valence-electron chi connectivity index (χ1n) is 5.61. The number of halogens is 1. The molecule has 0 saturated heterocycles. The number of nitrogens with one attached hydrogen (secondary N) is 3. The van der Waals surface area contributed by atoms with E-state index in [1.165, 1.54) is 0 Å². The number of urea groups is 1. The maximum absolute atomic E-state index is 11.4. The number of hydrogen-bond acceptors (Lipinski definition) is 3. The van der Waals surface area contributed by atoms with Crippen molar-refractivity contribution in [1.82, 2.24) is 10.6 Å². The Labute approximate surface area is 111 Å². The molecule has 1 aromatic rings. The molecule has 18 heavy (non-hydrogen) atoms. The minimum atomic E-state index is -0.493. The number of carbonyl (C=O) groups excluding carboxylic acids is 2. The molecule has 0 aliphatic rings. The van der Waals surface area contributed by atoms with Gasteiger partial charge < -0.3 is 10.6 Å². The average molecular weight is 270 g/mol. The van der Waals surface area contributed by atoms with Crippen LogP contribution < -0.4 is 16.0 Å². The molecule has 0 saturated carbocycles.